The van der Waals surface area contributed by atoms with Crippen LogP contribution in [0.1, 0.15) is 42.6 Å². The van der Waals surface area contributed by atoms with E-state index < -0.39 is 16.0 Å². The Labute approximate surface area is 172 Å². The van der Waals surface area contributed by atoms with E-state index in [2.05, 4.69) is 10.0 Å². The number of nitrogens with one attached hydrogen (secondary N) is 2. The quantitative estimate of drug-likeness (QED) is 0.514. The minimum Gasteiger partial charge on any atom is -0.497 e. The fourth-order valence-electron chi connectivity index (χ4n) is 2.98. The van der Waals surface area contributed by atoms with E-state index in [4.69, 9.17) is 4.74 Å². The molecule has 0 saturated heterocycles. The number of anilines is 1. The number of benzene rings is 2. The van der Waals surface area contributed by atoms with E-state index in [1.807, 2.05) is 31.2 Å². The fraction of sp³-hybridized carbons (Fsp3) is 0.381. The highest BCUT2D eigenvalue weighted by Gasteiger charge is 2.20. The first-order valence-corrected chi connectivity index (χ1v) is 11.0. The zero-order chi connectivity index (χ0) is 21.4. The largest absolute Gasteiger partial charge is 0.497 e. The average Bonchev–Trinajstić information content (AvgIpc) is 2.68. The number of ether oxygens (including phenoxy) is 1. The molecule has 0 fully saturated rings. The Morgan fingerprint density at radius 3 is 2.45 bits per heavy atom. The molecule has 1 atom stereocenters. The summed E-state index contributed by atoms with van der Waals surface area (Å²) in [5, 5.41) is 12.6. The molecule has 7 nitrogen and oxygen atoms in total. The number of rotatable bonds is 11. The first-order chi connectivity index (χ1) is 13.8. The molecule has 0 amide bonds. The number of carboxylic acid groups (broad SMARTS) is 1. The maximum Gasteiger partial charge on any atom is 0.337 e. The Morgan fingerprint density at radius 2 is 1.86 bits per heavy atom. The molecule has 158 valence electrons. The van der Waals surface area contributed by atoms with Crippen LogP contribution in [0.3, 0.4) is 0 Å². The SMILES string of the molecule is CCCC(C)NS(=O)(=O)c1ccc(NCCc2ccc(OC)cc2)c(C(=O)O)c1. The highest BCUT2D eigenvalue weighted by Crippen LogP contribution is 2.21. The monoisotopic (exact) mass is 420 g/mol. The van der Waals surface area contributed by atoms with Crippen molar-refractivity contribution >= 4 is 21.7 Å². The Kier molecular flexibility index (Phi) is 8.04. The minimum absolute atomic E-state index is 0.0569. The van der Waals surface area contributed by atoms with Gasteiger partial charge in [-0.3, -0.25) is 0 Å². The van der Waals surface area contributed by atoms with Crippen LogP contribution in [0.5, 0.6) is 5.75 Å². The molecule has 0 aliphatic heterocycles. The van der Waals surface area contributed by atoms with Crippen LogP contribution in [-0.2, 0) is 16.4 Å². The molecule has 0 heterocycles. The molecule has 3 N–H and O–H groups in total. The maximum atomic E-state index is 12.5. The lowest BCUT2D eigenvalue weighted by molar-refractivity contribution is 0.0697. The molecule has 0 aromatic heterocycles. The zero-order valence-electron chi connectivity index (χ0n) is 16.9. The van der Waals surface area contributed by atoms with Crippen LogP contribution >= 0.6 is 0 Å². The van der Waals surface area contributed by atoms with Crippen molar-refractivity contribution in [2.75, 3.05) is 19.0 Å². The molecular weight excluding hydrogens is 392 g/mol. The number of aromatic carboxylic acids is 1. The van der Waals surface area contributed by atoms with Gasteiger partial charge in [0, 0.05) is 18.3 Å². The van der Waals surface area contributed by atoms with E-state index in [9.17, 15) is 18.3 Å². The summed E-state index contributed by atoms with van der Waals surface area (Å²) in [4.78, 5) is 11.6. The van der Waals surface area contributed by atoms with Crippen LogP contribution in [0.25, 0.3) is 0 Å². The summed E-state index contributed by atoms with van der Waals surface area (Å²) in [5.74, 6) is -0.413. The van der Waals surface area contributed by atoms with Crippen LogP contribution in [0, 0.1) is 0 Å². The van der Waals surface area contributed by atoms with Crippen molar-refractivity contribution in [3.05, 3.63) is 53.6 Å². The predicted octanol–water partition coefficient (Wildman–Crippen LogP) is 3.51. The van der Waals surface area contributed by atoms with Gasteiger partial charge < -0.3 is 15.2 Å². The van der Waals surface area contributed by atoms with Gasteiger partial charge in [-0.1, -0.05) is 25.5 Å². The fourth-order valence-corrected chi connectivity index (χ4v) is 4.28. The third-order valence-electron chi connectivity index (χ3n) is 4.50. The van der Waals surface area contributed by atoms with Crippen LogP contribution in [0.15, 0.2) is 47.4 Å². The van der Waals surface area contributed by atoms with Gasteiger partial charge in [0.25, 0.3) is 0 Å². The molecule has 0 bridgehead atoms. The number of carboxylic acids is 1. The Balaban J connectivity index is 2.11. The van der Waals surface area contributed by atoms with Crippen LogP contribution in [0.2, 0.25) is 0 Å². The van der Waals surface area contributed by atoms with Crippen molar-refractivity contribution in [3.63, 3.8) is 0 Å². The van der Waals surface area contributed by atoms with E-state index in [1.54, 1.807) is 14.0 Å². The Morgan fingerprint density at radius 1 is 1.17 bits per heavy atom. The van der Waals surface area contributed by atoms with Crippen molar-refractivity contribution in [1.29, 1.82) is 0 Å². The minimum atomic E-state index is -3.78. The summed E-state index contributed by atoms with van der Waals surface area (Å²) in [6.07, 6.45) is 2.23. The normalized spacial score (nSPS) is 12.4. The molecule has 29 heavy (non-hydrogen) atoms. The van der Waals surface area contributed by atoms with Gasteiger partial charge in [0.15, 0.2) is 0 Å². The molecule has 0 aliphatic rings. The topological polar surface area (TPSA) is 105 Å². The first-order valence-electron chi connectivity index (χ1n) is 9.53. The summed E-state index contributed by atoms with van der Waals surface area (Å²) in [7, 11) is -2.17. The molecule has 8 heteroatoms. The summed E-state index contributed by atoms with van der Waals surface area (Å²) in [6.45, 7) is 4.26. The second kappa shape index (κ2) is 10.3. The lowest BCUT2D eigenvalue weighted by Crippen LogP contribution is -2.32. The third kappa shape index (κ3) is 6.47. The second-order valence-corrected chi connectivity index (χ2v) is 8.56. The number of hydrogen-bond donors (Lipinski definition) is 3. The number of sulfonamides is 1. The molecule has 0 aliphatic carbocycles. The molecule has 2 aromatic rings. The van der Waals surface area contributed by atoms with E-state index in [1.165, 1.54) is 18.2 Å². The van der Waals surface area contributed by atoms with Gasteiger partial charge in [-0.25, -0.2) is 17.9 Å². The van der Waals surface area contributed by atoms with Gasteiger partial charge in [-0.2, -0.15) is 0 Å². The van der Waals surface area contributed by atoms with E-state index in [0.717, 1.165) is 17.7 Å². The van der Waals surface area contributed by atoms with E-state index in [-0.39, 0.29) is 16.5 Å². The first kappa shape index (κ1) is 22.7. The highest BCUT2D eigenvalue weighted by atomic mass is 32.2. The molecule has 0 spiro atoms. The average molecular weight is 421 g/mol. The predicted molar refractivity (Wildman–Crippen MR) is 113 cm³/mol. The van der Waals surface area contributed by atoms with Gasteiger partial charge in [-0.15, -0.1) is 0 Å². The Bertz CT molecular complexity index is 927. The Hall–Kier alpha value is -2.58. The lowest BCUT2D eigenvalue weighted by atomic mass is 10.1. The van der Waals surface area contributed by atoms with Crippen molar-refractivity contribution in [3.8, 4) is 5.75 Å². The summed E-state index contributed by atoms with van der Waals surface area (Å²) in [6, 6.07) is 11.5. The second-order valence-electron chi connectivity index (χ2n) is 6.85. The van der Waals surface area contributed by atoms with Crippen LogP contribution < -0.4 is 14.8 Å². The van der Waals surface area contributed by atoms with Gasteiger partial charge in [-0.05, 0) is 55.7 Å². The van der Waals surface area contributed by atoms with E-state index in [0.29, 0.717) is 25.1 Å². The molecule has 0 radical (unpaired) electrons. The standard InChI is InChI=1S/C21H28N2O5S/c1-4-5-15(2)23-29(26,27)18-10-11-20(19(14-18)21(24)25)22-13-12-16-6-8-17(28-3)9-7-16/h6-11,14-15,22-23H,4-5,12-13H2,1-3H3,(H,24,25). The van der Waals surface area contributed by atoms with Crippen LogP contribution in [-0.4, -0.2) is 39.2 Å². The zero-order valence-corrected chi connectivity index (χ0v) is 17.8. The number of hydrogen-bond acceptors (Lipinski definition) is 5. The molecule has 1 unspecified atom stereocenters. The van der Waals surface area contributed by atoms with Crippen LogP contribution in [0.4, 0.5) is 5.69 Å². The number of methoxy groups -OCH3 is 1. The molecule has 2 aromatic carbocycles. The summed E-state index contributed by atoms with van der Waals surface area (Å²) >= 11 is 0. The maximum absolute atomic E-state index is 12.5. The summed E-state index contributed by atoms with van der Waals surface area (Å²) in [5.41, 5.74) is 1.38. The molecular formula is C21H28N2O5S. The van der Waals surface area contributed by atoms with E-state index >= 15 is 0 Å². The van der Waals surface area contributed by atoms with Gasteiger partial charge in [0.2, 0.25) is 10.0 Å². The van der Waals surface area contributed by atoms with Gasteiger partial charge in [0.1, 0.15) is 5.75 Å². The van der Waals surface area contributed by atoms with Gasteiger partial charge in [0.05, 0.1) is 17.6 Å². The summed E-state index contributed by atoms with van der Waals surface area (Å²) < 4.78 is 32.7. The lowest BCUT2D eigenvalue weighted by Gasteiger charge is -2.15. The van der Waals surface area contributed by atoms with Crippen molar-refractivity contribution in [2.24, 2.45) is 0 Å². The van der Waals surface area contributed by atoms with Gasteiger partial charge >= 0.3 is 5.97 Å². The smallest absolute Gasteiger partial charge is 0.337 e. The van der Waals surface area contributed by atoms with Crippen molar-refractivity contribution < 1.29 is 23.1 Å². The third-order valence-corrected chi connectivity index (χ3v) is 6.09. The highest BCUT2D eigenvalue weighted by molar-refractivity contribution is 7.89. The van der Waals surface area contributed by atoms with Crippen molar-refractivity contribution in [1.82, 2.24) is 4.72 Å². The molecule has 0 saturated carbocycles. The number of carbonyl (C=O) groups is 1. The van der Waals surface area contributed by atoms with Crippen molar-refractivity contribution in [2.45, 2.75) is 44.0 Å². The molecule has 2 rings (SSSR count).